The van der Waals surface area contributed by atoms with E-state index in [0.29, 0.717) is 6.07 Å². The normalized spacial score (nSPS) is 12.4. The molecule has 0 saturated carbocycles. The van der Waals surface area contributed by atoms with Gasteiger partial charge in [0.05, 0.1) is 33.0 Å². The molecule has 0 spiro atoms. The summed E-state index contributed by atoms with van der Waals surface area (Å²) in [7, 11) is 0. The molecule has 0 bridgehead atoms. The number of carbonyl (C=O) groups is 2. The van der Waals surface area contributed by atoms with Crippen LogP contribution in [0.1, 0.15) is 27.0 Å². The van der Waals surface area contributed by atoms with Crippen molar-refractivity contribution in [3.8, 4) is 0 Å². The third-order valence-corrected chi connectivity index (χ3v) is 4.06. The molecule has 2 aromatic carbocycles. The van der Waals surface area contributed by atoms with E-state index in [9.17, 15) is 49.1 Å². The first-order valence-electron chi connectivity index (χ1n) is 8.12. The van der Waals surface area contributed by atoms with Crippen molar-refractivity contribution in [3.63, 3.8) is 0 Å². The molecule has 0 unspecified atom stereocenters. The van der Waals surface area contributed by atoms with Crippen LogP contribution in [0.15, 0.2) is 36.4 Å². The summed E-state index contributed by atoms with van der Waals surface area (Å²) in [5.74, 6) is -3.12. The molecule has 0 fully saturated rings. The van der Waals surface area contributed by atoms with Gasteiger partial charge in [-0.15, -0.1) is 0 Å². The summed E-state index contributed by atoms with van der Waals surface area (Å²) in [6.07, 6.45) is -15.4. The van der Waals surface area contributed by atoms with Crippen LogP contribution in [0.5, 0.6) is 0 Å². The van der Waals surface area contributed by atoms with Gasteiger partial charge in [-0.25, -0.2) is 4.79 Å². The summed E-state index contributed by atoms with van der Waals surface area (Å²) >= 11 is 5.62. The second-order valence-electron chi connectivity index (χ2n) is 6.08. The Labute approximate surface area is 177 Å². The minimum absolute atomic E-state index is 0.0747. The number of nitrogens with one attached hydrogen (secondary N) is 1. The predicted molar refractivity (Wildman–Crippen MR) is 91.8 cm³/mol. The molecule has 0 heterocycles. The third kappa shape index (κ3) is 6.28. The zero-order valence-electron chi connectivity index (χ0n) is 15.2. The molecule has 174 valence electrons. The molecule has 0 saturated heterocycles. The quantitative estimate of drug-likeness (QED) is 0.408. The number of para-hydroxylation sites is 1. The number of ether oxygens (including phenoxy) is 1. The van der Waals surface area contributed by atoms with E-state index in [2.05, 4.69) is 4.74 Å². The minimum atomic E-state index is -5.23. The highest BCUT2D eigenvalue weighted by atomic mass is 35.5. The Hall–Kier alpha value is -2.96. The monoisotopic (exact) mass is 493 g/mol. The zero-order valence-corrected chi connectivity index (χ0v) is 15.9. The van der Waals surface area contributed by atoms with E-state index in [1.54, 1.807) is 5.32 Å². The number of esters is 1. The van der Waals surface area contributed by atoms with Gasteiger partial charge in [-0.3, -0.25) is 4.79 Å². The van der Waals surface area contributed by atoms with Crippen LogP contribution >= 0.6 is 11.6 Å². The number of rotatable bonds is 4. The molecule has 14 heteroatoms. The van der Waals surface area contributed by atoms with Crippen LogP contribution in [0.2, 0.25) is 5.02 Å². The Kier molecular flexibility index (Phi) is 7.02. The molecule has 0 aromatic heterocycles. The summed E-state index contributed by atoms with van der Waals surface area (Å²) < 4.78 is 120. The van der Waals surface area contributed by atoms with Crippen molar-refractivity contribution in [2.24, 2.45) is 0 Å². The number of anilines is 1. The van der Waals surface area contributed by atoms with Crippen molar-refractivity contribution in [2.75, 3.05) is 11.9 Å². The van der Waals surface area contributed by atoms with E-state index in [-0.39, 0.29) is 18.2 Å². The molecular weight excluding hydrogens is 485 g/mol. The molecule has 0 aliphatic rings. The summed E-state index contributed by atoms with van der Waals surface area (Å²) in [6.45, 7) is -1.32. The maximum Gasteiger partial charge on any atom is 0.418 e. The van der Waals surface area contributed by atoms with E-state index in [1.807, 2.05) is 0 Å². The van der Waals surface area contributed by atoms with Crippen LogP contribution < -0.4 is 5.32 Å². The first-order chi connectivity index (χ1) is 14.5. The maximum atomic E-state index is 13.0. The SMILES string of the molecule is O=C(COC(=O)c1cc(C(F)(F)F)cc(C(F)(F)F)c1)Nc1c(Cl)cccc1C(F)(F)F. The smallest absolute Gasteiger partial charge is 0.418 e. The van der Waals surface area contributed by atoms with Gasteiger partial charge in [-0.05, 0) is 30.3 Å². The summed E-state index contributed by atoms with van der Waals surface area (Å²) in [5, 5.41) is 1.21. The first-order valence-corrected chi connectivity index (χ1v) is 8.50. The van der Waals surface area contributed by atoms with Gasteiger partial charge >= 0.3 is 24.5 Å². The van der Waals surface area contributed by atoms with Gasteiger partial charge in [-0.2, -0.15) is 39.5 Å². The number of hydrogen-bond acceptors (Lipinski definition) is 3. The lowest BCUT2D eigenvalue weighted by Crippen LogP contribution is -2.23. The highest BCUT2D eigenvalue weighted by Gasteiger charge is 2.38. The van der Waals surface area contributed by atoms with Crippen LogP contribution in [0.4, 0.5) is 45.2 Å². The van der Waals surface area contributed by atoms with E-state index >= 15 is 0 Å². The maximum absolute atomic E-state index is 13.0. The average molecular weight is 494 g/mol. The number of benzene rings is 2. The van der Waals surface area contributed by atoms with E-state index < -0.39 is 70.0 Å². The first kappa shape index (κ1) is 25.3. The van der Waals surface area contributed by atoms with Crippen molar-refractivity contribution in [2.45, 2.75) is 18.5 Å². The van der Waals surface area contributed by atoms with Crippen LogP contribution in [0.25, 0.3) is 0 Å². The highest BCUT2D eigenvalue weighted by Crippen LogP contribution is 2.39. The zero-order chi connectivity index (χ0) is 24.5. The summed E-state index contributed by atoms with van der Waals surface area (Å²) in [4.78, 5) is 23.8. The molecule has 2 aromatic rings. The third-order valence-electron chi connectivity index (χ3n) is 3.74. The lowest BCUT2D eigenvalue weighted by Gasteiger charge is -2.15. The van der Waals surface area contributed by atoms with Gasteiger partial charge < -0.3 is 10.1 Å². The molecule has 0 aliphatic carbocycles. The number of halogens is 10. The minimum Gasteiger partial charge on any atom is -0.452 e. The lowest BCUT2D eigenvalue weighted by molar-refractivity contribution is -0.143. The van der Waals surface area contributed by atoms with Crippen molar-refractivity contribution in [1.29, 1.82) is 0 Å². The Balaban J connectivity index is 2.21. The summed E-state index contributed by atoms with van der Waals surface area (Å²) in [5.41, 5.74) is -6.98. The number of carbonyl (C=O) groups excluding carboxylic acids is 2. The van der Waals surface area contributed by atoms with Gasteiger partial charge in [0, 0.05) is 0 Å². The van der Waals surface area contributed by atoms with E-state index in [0.717, 1.165) is 12.1 Å². The Bertz CT molecular complexity index is 998. The fourth-order valence-electron chi connectivity index (χ4n) is 2.35. The van der Waals surface area contributed by atoms with Crippen LogP contribution in [-0.2, 0) is 28.1 Å². The van der Waals surface area contributed by atoms with Crippen LogP contribution in [-0.4, -0.2) is 18.5 Å². The Morgan fingerprint density at radius 3 is 1.84 bits per heavy atom. The number of hydrogen-bond donors (Lipinski definition) is 1. The fourth-order valence-corrected chi connectivity index (χ4v) is 2.57. The van der Waals surface area contributed by atoms with Gasteiger partial charge in [0.25, 0.3) is 5.91 Å². The van der Waals surface area contributed by atoms with Crippen molar-refractivity contribution in [3.05, 3.63) is 63.7 Å². The summed E-state index contributed by atoms with van der Waals surface area (Å²) in [6, 6.07) is 2.48. The van der Waals surface area contributed by atoms with Crippen molar-refractivity contribution >= 4 is 29.2 Å². The molecule has 1 amide bonds. The molecule has 1 N–H and O–H groups in total. The number of amides is 1. The predicted octanol–water partition coefficient (Wildman–Crippen LogP) is 6.19. The molecule has 4 nitrogen and oxygen atoms in total. The van der Waals surface area contributed by atoms with Gasteiger partial charge in [0.1, 0.15) is 0 Å². The fraction of sp³-hybridized carbons (Fsp3) is 0.222. The van der Waals surface area contributed by atoms with Crippen LogP contribution in [0, 0.1) is 0 Å². The average Bonchev–Trinajstić information content (AvgIpc) is 2.65. The van der Waals surface area contributed by atoms with Crippen LogP contribution in [0.3, 0.4) is 0 Å². The van der Waals surface area contributed by atoms with Crippen molar-refractivity contribution in [1.82, 2.24) is 0 Å². The lowest BCUT2D eigenvalue weighted by atomic mass is 10.0. The topological polar surface area (TPSA) is 55.4 Å². The molecule has 0 radical (unpaired) electrons. The highest BCUT2D eigenvalue weighted by molar-refractivity contribution is 6.34. The van der Waals surface area contributed by atoms with Gasteiger partial charge in [0.15, 0.2) is 6.61 Å². The Morgan fingerprint density at radius 1 is 0.844 bits per heavy atom. The van der Waals surface area contributed by atoms with E-state index in [1.165, 1.54) is 0 Å². The number of alkyl halides is 9. The molecule has 2 rings (SSSR count). The van der Waals surface area contributed by atoms with Crippen molar-refractivity contribution < 1.29 is 53.8 Å². The standard InChI is InChI=1S/C18H9ClF9NO3/c19-12-3-1-2-11(18(26,27)28)14(12)29-13(30)7-32-15(31)8-4-9(16(20,21)22)6-10(5-8)17(23,24)25/h1-6H,7H2,(H,29,30). The molecular formula is C18H9ClF9NO3. The van der Waals surface area contributed by atoms with E-state index in [4.69, 9.17) is 11.6 Å². The Morgan fingerprint density at radius 2 is 1.38 bits per heavy atom. The second kappa shape index (κ2) is 8.88. The molecule has 32 heavy (non-hydrogen) atoms. The second-order valence-corrected chi connectivity index (χ2v) is 6.49. The van der Waals surface area contributed by atoms with Gasteiger partial charge in [-0.1, -0.05) is 17.7 Å². The largest absolute Gasteiger partial charge is 0.452 e. The molecule has 0 aliphatic heterocycles. The van der Waals surface area contributed by atoms with Gasteiger partial charge in [0.2, 0.25) is 0 Å². The molecule has 0 atom stereocenters.